The summed E-state index contributed by atoms with van der Waals surface area (Å²) in [5, 5.41) is 12.0. The molecule has 1 aromatic carbocycles. The molecule has 0 spiro atoms. The average Bonchev–Trinajstić information content (AvgIpc) is 2.29. The molecule has 0 aliphatic heterocycles. The number of rotatable bonds is 4. The van der Waals surface area contributed by atoms with Crippen LogP contribution >= 0.6 is 0 Å². The zero-order valence-corrected chi connectivity index (χ0v) is 9.66. The lowest BCUT2D eigenvalue weighted by atomic mass is 10.1. The lowest BCUT2D eigenvalue weighted by molar-refractivity contribution is 0.0914. The third-order valence-corrected chi connectivity index (χ3v) is 2.50. The van der Waals surface area contributed by atoms with Crippen molar-refractivity contribution in [3.05, 3.63) is 29.3 Å². The Kier molecular flexibility index (Phi) is 4.31. The smallest absolute Gasteiger partial charge is 0.251 e. The van der Waals surface area contributed by atoms with Crippen molar-refractivity contribution in [3.63, 3.8) is 0 Å². The summed E-state index contributed by atoms with van der Waals surface area (Å²) in [6.45, 7) is 4.00. The highest BCUT2D eigenvalue weighted by Crippen LogP contribution is 2.12. The SMILES string of the molecule is CCC(O)CNC(=O)c1ccc(N)c(C)c1. The second-order valence-corrected chi connectivity index (χ2v) is 3.84. The molecule has 1 amide bonds. The molecule has 0 heterocycles. The van der Waals surface area contributed by atoms with Gasteiger partial charge in [0.25, 0.3) is 5.91 Å². The number of carbonyl (C=O) groups excluding carboxylic acids is 1. The highest BCUT2D eigenvalue weighted by molar-refractivity contribution is 5.94. The number of hydrogen-bond donors (Lipinski definition) is 3. The van der Waals surface area contributed by atoms with E-state index in [0.717, 1.165) is 5.56 Å². The third-order valence-electron chi connectivity index (χ3n) is 2.50. The molecule has 88 valence electrons. The van der Waals surface area contributed by atoms with Crippen molar-refractivity contribution < 1.29 is 9.90 Å². The molecule has 4 nitrogen and oxygen atoms in total. The topological polar surface area (TPSA) is 75.3 Å². The Bertz CT molecular complexity index is 377. The van der Waals surface area contributed by atoms with Crippen LogP contribution in [-0.4, -0.2) is 23.7 Å². The van der Waals surface area contributed by atoms with E-state index in [2.05, 4.69) is 5.32 Å². The molecule has 1 aromatic rings. The van der Waals surface area contributed by atoms with Crippen molar-refractivity contribution in [2.24, 2.45) is 0 Å². The summed E-state index contributed by atoms with van der Waals surface area (Å²) in [6, 6.07) is 5.12. The van der Waals surface area contributed by atoms with Crippen LogP contribution < -0.4 is 11.1 Å². The fourth-order valence-electron chi connectivity index (χ4n) is 1.27. The Morgan fingerprint density at radius 3 is 2.81 bits per heavy atom. The fourth-order valence-corrected chi connectivity index (χ4v) is 1.27. The molecule has 0 fully saturated rings. The van der Waals surface area contributed by atoms with Gasteiger partial charge in [-0.1, -0.05) is 6.92 Å². The molecule has 0 saturated carbocycles. The molecule has 4 N–H and O–H groups in total. The molecule has 1 atom stereocenters. The Morgan fingerprint density at radius 1 is 1.56 bits per heavy atom. The van der Waals surface area contributed by atoms with E-state index in [0.29, 0.717) is 17.7 Å². The van der Waals surface area contributed by atoms with E-state index in [1.807, 2.05) is 13.8 Å². The second kappa shape index (κ2) is 5.51. The van der Waals surface area contributed by atoms with E-state index in [4.69, 9.17) is 5.73 Å². The molecular formula is C12H18N2O2. The minimum absolute atomic E-state index is 0.185. The number of benzene rings is 1. The van der Waals surface area contributed by atoms with Crippen LogP contribution in [0, 0.1) is 6.92 Å². The van der Waals surface area contributed by atoms with Crippen molar-refractivity contribution in [1.82, 2.24) is 5.32 Å². The van der Waals surface area contributed by atoms with E-state index in [1.54, 1.807) is 18.2 Å². The monoisotopic (exact) mass is 222 g/mol. The predicted octanol–water partition coefficient (Wildman–Crippen LogP) is 1.08. The van der Waals surface area contributed by atoms with Crippen LogP contribution in [0.25, 0.3) is 0 Å². The van der Waals surface area contributed by atoms with Gasteiger partial charge in [0.2, 0.25) is 0 Å². The van der Waals surface area contributed by atoms with Crippen LogP contribution in [-0.2, 0) is 0 Å². The van der Waals surface area contributed by atoms with Gasteiger partial charge in [0.1, 0.15) is 0 Å². The first-order valence-corrected chi connectivity index (χ1v) is 5.37. The number of nitrogens with one attached hydrogen (secondary N) is 1. The zero-order valence-electron chi connectivity index (χ0n) is 9.66. The number of aliphatic hydroxyl groups is 1. The lowest BCUT2D eigenvalue weighted by Crippen LogP contribution is -2.31. The van der Waals surface area contributed by atoms with E-state index >= 15 is 0 Å². The summed E-state index contributed by atoms with van der Waals surface area (Å²) in [7, 11) is 0. The molecule has 16 heavy (non-hydrogen) atoms. The van der Waals surface area contributed by atoms with Gasteiger partial charge in [0.05, 0.1) is 6.10 Å². The molecule has 0 aliphatic carbocycles. The van der Waals surface area contributed by atoms with Crippen molar-refractivity contribution >= 4 is 11.6 Å². The normalized spacial score (nSPS) is 12.2. The number of aryl methyl sites for hydroxylation is 1. The molecular weight excluding hydrogens is 204 g/mol. The maximum Gasteiger partial charge on any atom is 0.251 e. The number of hydrogen-bond acceptors (Lipinski definition) is 3. The quantitative estimate of drug-likeness (QED) is 0.667. The van der Waals surface area contributed by atoms with E-state index < -0.39 is 6.10 Å². The number of aliphatic hydroxyl groups excluding tert-OH is 1. The summed E-state index contributed by atoms with van der Waals surface area (Å²) in [5.74, 6) is -0.185. The Morgan fingerprint density at radius 2 is 2.25 bits per heavy atom. The van der Waals surface area contributed by atoms with Crippen LogP contribution in [0.3, 0.4) is 0 Å². The number of nitrogen functional groups attached to an aromatic ring is 1. The summed E-state index contributed by atoms with van der Waals surface area (Å²) in [5.41, 5.74) is 7.78. The summed E-state index contributed by atoms with van der Waals surface area (Å²) < 4.78 is 0. The second-order valence-electron chi connectivity index (χ2n) is 3.84. The van der Waals surface area contributed by atoms with Crippen molar-refractivity contribution in [2.75, 3.05) is 12.3 Å². The van der Waals surface area contributed by atoms with Crippen LogP contribution in [0.1, 0.15) is 29.3 Å². The molecule has 0 aliphatic rings. The molecule has 0 aromatic heterocycles. The highest BCUT2D eigenvalue weighted by Gasteiger charge is 2.08. The first-order chi connectivity index (χ1) is 7.54. The van der Waals surface area contributed by atoms with Crippen LogP contribution in [0.2, 0.25) is 0 Å². The standard InChI is InChI=1S/C12H18N2O2/c1-3-10(15)7-14-12(16)9-4-5-11(13)8(2)6-9/h4-6,10,15H,3,7,13H2,1-2H3,(H,14,16). The van der Waals surface area contributed by atoms with Gasteiger partial charge in [-0.15, -0.1) is 0 Å². The van der Waals surface area contributed by atoms with Gasteiger partial charge < -0.3 is 16.2 Å². The minimum Gasteiger partial charge on any atom is -0.399 e. The zero-order chi connectivity index (χ0) is 12.1. The first-order valence-electron chi connectivity index (χ1n) is 5.37. The van der Waals surface area contributed by atoms with Gasteiger partial charge in [0, 0.05) is 17.8 Å². The van der Waals surface area contributed by atoms with Gasteiger partial charge in [-0.3, -0.25) is 4.79 Å². The van der Waals surface area contributed by atoms with Crippen molar-refractivity contribution in [1.29, 1.82) is 0 Å². The molecule has 0 radical (unpaired) electrons. The molecule has 1 unspecified atom stereocenters. The van der Waals surface area contributed by atoms with Crippen LogP contribution in [0.4, 0.5) is 5.69 Å². The fraction of sp³-hybridized carbons (Fsp3) is 0.417. The number of anilines is 1. The van der Waals surface area contributed by atoms with Crippen LogP contribution in [0.5, 0.6) is 0 Å². The average molecular weight is 222 g/mol. The molecule has 0 bridgehead atoms. The minimum atomic E-state index is -0.487. The van der Waals surface area contributed by atoms with Crippen molar-refractivity contribution in [3.8, 4) is 0 Å². The summed E-state index contributed by atoms with van der Waals surface area (Å²) >= 11 is 0. The molecule has 4 heteroatoms. The summed E-state index contributed by atoms with van der Waals surface area (Å²) in [4.78, 5) is 11.7. The summed E-state index contributed by atoms with van der Waals surface area (Å²) in [6.07, 6.45) is 0.139. The number of nitrogens with two attached hydrogens (primary N) is 1. The molecule has 0 saturated heterocycles. The largest absolute Gasteiger partial charge is 0.399 e. The highest BCUT2D eigenvalue weighted by atomic mass is 16.3. The van der Waals surface area contributed by atoms with Gasteiger partial charge in [-0.2, -0.15) is 0 Å². The van der Waals surface area contributed by atoms with Gasteiger partial charge in [-0.25, -0.2) is 0 Å². The maximum atomic E-state index is 11.7. The van der Waals surface area contributed by atoms with Crippen molar-refractivity contribution in [2.45, 2.75) is 26.4 Å². The number of carbonyl (C=O) groups is 1. The van der Waals surface area contributed by atoms with Gasteiger partial charge in [-0.05, 0) is 37.1 Å². The van der Waals surface area contributed by atoms with E-state index in [9.17, 15) is 9.90 Å². The van der Waals surface area contributed by atoms with Gasteiger partial charge in [0.15, 0.2) is 0 Å². The predicted molar refractivity (Wildman–Crippen MR) is 64.2 cm³/mol. The van der Waals surface area contributed by atoms with Gasteiger partial charge >= 0.3 is 0 Å². The Balaban J connectivity index is 2.63. The molecule has 1 rings (SSSR count). The number of amides is 1. The van der Waals surface area contributed by atoms with Crippen LogP contribution in [0.15, 0.2) is 18.2 Å². The third kappa shape index (κ3) is 3.24. The maximum absolute atomic E-state index is 11.7. The first kappa shape index (κ1) is 12.5. The van der Waals surface area contributed by atoms with E-state index in [1.165, 1.54) is 0 Å². The van der Waals surface area contributed by atoms with E-state index in [-0.39, 0.29) is 12.5 Å². The Hall–Kier alpha value is -1.55. The Labute approximate surface area is 95.5 Å². The lowest BCUT2D eigenvalue weighted by Gasteiger charge is -2.10.